The number of halogens is 3. The van der Waals surface area contributed by atoms with E-state index in [1.54, 1.807) is 22.8 Å². The van der Waals surface area contributed by atoms with Crippen LogP contribution in [0.1, 0.15) is 11.3 Å². The molecule has 0 N–H and O–H groups in total. The van der Waals surface area contributed by atoms with Gasteiger partial charge in [0.05, 0.1) is 24.6 Å². The van der Waals surface area contributed by atoms with Crippen molar-refractivity contribution in [1.29, 1.82) is 5.26 Å². The van der Waals surface area contributed by atoms with Crippen LogP contribution in [0.2, 0.25) is 0 Å². The highest BCUT2D eigenvalue weighted by Gasteiger charge is 2.32. The summed E-state index contributed by atoms with van der Waals surface area (Å²) in [6.45, 7) is 0. The molecule has 7 nitrogen and oxygen atoms in total. The number of methoxy groups -OCH3 is 1. The lowest BCUT2D eigenvalue weighted by Crippen LogP contribution is -2.06. The van der Waals surface area contributed by atoms with Crippen molar-refractivity contribution in [3.05, 3.63) is 60.2 Å². The molecule has 4 aromatic heterocycles. The molecule has 4 rings (SSSR count). The standard InChI is InChI=1S/C19H11F3N6O/c1-29-16-5-4-14(10-25-16)28-17(11-2-3-13(7-23)24-8-11)27-15-6-12(19(20,21)22)9-26-18(15)28/h2-6,8-10H,1H3. The fourth-order valence-corrected chi connectivity index (χ4v) is 2.78. The second-order valence-corrected chi connectivity index (χ2v) is 5.94. The number of ether oxygens (including phenoxy) is 1. The summed E-state index contributed by atoms with van der Waals surface area (Å²) in [5, 5.41) is 8.93. The van der Waals surface area contributed by atoms with Gasteiger partial charge in [-0.1, -0.05) is 0 Å². The third kappa shape index (κ3) is 3.34. The summed E-state index contributed by atoms with van der Waals surface area (Å²) in [7, 11) is 1.47. The van der Waals surface area contributed by atoms with Crippen molar-refractivity contribution >= 4 is 11.2 Å². The number of nitriles is 1. The van der Waals surface area contributed by atoms with Crippen LogP contribution in [0.25, 0.3) is 28.2 Å². The van der Waals surface area contributed by atoms with Gasteiger partial charge in [-0.2, -0.15) is 18.4 Å². The maximum absolute atomic E-state index is 13.1. The van der Waals surface area contributed by atoms with Crippen LogP contribution in [-0.4, -0.2) is 31.6 Å². The Kier molecular flexibility index (Phi) is 4.35. The summed E-state index contributed by atoms with van der Waals surface area (Å²) in [6, 6.07) is 9.28. The molecule has 0 amide bonds. The average molecular weight is 396 g/mol. The first-order valence-corrected chi connectivity index (χ1v) is 8.23. The minimum absolute atomic E-state index is 0.0648. The van der Waals surface area contributed by atoms with Crippen LogP contribution in [0.4, 0.5) is 13.2 Å². The van der Waals surface area contributed by atoms with E-state index in [0.29, 0.717) is 23.0 Å². The molecule has 0 spiro atoms. The van der Waals surface area contributed by atoms with E-state index in [1.807, 2.05) is 6.07 Å². The average Bonchev–Trinajstić information content (AvgIpc) is 3.12. The van der Waals surface area contributed by atoms with E-state index in [9.17, 15) is 13.2 Å². The van der Waals surface area contributed by atoms with Gasteiger partial charge in [-0.05, 0) is 24.3 Å². The number of fused-ring (bicyclic) bond motifs is 1. The summed E-state index contributed by atoms with van der Waals surface area (Å²) in [4.78, 5) is 16.5. The van der Waals surface area contributed by atoms with Crippen molar-refractivity contribution in [3.63, 3.8) is 0 Å². The Labute approximate surface area is 162 Å². The predicted octanol–water partition coefficient (Wildman–Crippen LogP) is 3.78. The quantitative estimate of drug-likeness (QED) is 0.524. The minimum Gasteiger partial charge on any atom is -0.481 e. The highest BCUT2D eigenvalue weighted by molar-refractivity contribution is 5.80. The predicted molar refractivity (Wildman–Crippen MR) is 96.2 cm³/mol. The van der Waals surface area contributed by atoms with Gasteiger partial charge in [0, 0.05) is 24.0 Å². The van der Waals surface area contributed by atoms with E-state index >= 15 is 0 Å². The number of hydrogen-bond donors (Lipinski definition) is 0. The SMILES string of the molecule is COc1ccc(-n2c(-c3ccc(C#N)nc3)nc3cc(C(F)(F)F)cnc32)cn1. The van der Waals surface area contributed by atoms with Crippen LogP contribution >= 0.6 is 0 Å². The van der Waals surface area contributed by atoms with E-state index < -0.39 is 11.7 Å². The number of alkyl halides is 3. The Bertz CT molecular complexity index is 1220. The Morgan fingerprint density at radius 1 is 1.03 bits per heavy atom. The van der Waals surface area contributed by atoms with Crippen molar-refractivity contribution in [2.75, 3.05) is 7.11 Å². The van der Waals surface area contributed by atoms with Gasteiger partial charge in [0.2, 0.25) is 5.88 Å². The van der Waals surface area contributed by atoms with E-state index in [-0.39, 0.29) is 16.9 Å². The molecule has 0 saturated heterocycles. The zero-order valence-corrected chi connectivity index (χ0v) is 14.8. The molecule has 0 aliphatic rings. The van der Waals surface area contributed by atoms with E-state index in [0.717, 1.165) is 12.3 Å². The summed E-state index contributed by atoms with van der Waals surface area (Å²) in [6.07, 6.45) is -0.848. The second-order valence-electron chi connectivity index (χ2n) is 5.94. The minimum atomic E-state index is -4.54. The van der Waals surface area contributed by atoms with Crippen LogP contribution in [0.15, 0.2) is 48.9 Å². The molecule has 0 fully saturated rings. The zero-order chi connectivity index (χ0) is 20.6. The molecule has 0 bridgehead atoms. The van der Waals surface area contributed by atoms with Gasteiger partial charge in [0.1, 0.15) is 23.1 Å². The molecule has 0 saturated carbocycles. The van der Waals surface area contributed by atoms with Gasteiger partial charge in [-0.25, -0.2) is 19.9 Å². The van der Waals surface area contributed by atoms with Gasteiger partial charge < -0.3 is 4.74 Å². The number of aromatic nitrogens is 5. The molecular weight excluding hydrogens is 385 g/mol. The van der Waals surface area contributed by atoms with Gasteiger partial charge in [0.25, 0.3) is 0 Å². The van der Waals surface area contributed by atoms with Gasteiger partial charge in [0.15, 0.2) is 5.65 Å². The molecule has 4 heterocycles. The fraction of sp³-hybridized carbons (Fsp3) is 0.105. The smallest absolute Gasteiger partial charge is 0.417 e. The summed E-state index contributed by atoms with van der Waals surface area (Å²) in [5.74, 6) is 0.697. The number of rotatable bonds is 3. The van der Waals surface area contributed by atoms with E-state index in [4.69, 9.17) is 10.00 Å². The molecule has 0 radical (unpaired) electrons. The highest BCUT2D eigenvalue weighted by Crippen LogP contribution is 2.33. The topological polar surface area (TPSA) is 89.5 Å². The third-order valence-corrected chi connectivity index (χ3v) is 4.15. The van der Waals surface area contributed by atoms with Crippen molar-refractivity contribution in [2.45, 2.75) is 6.18 Å². The first-order chi connectivity index (χ1) is 13.9. The van der Waals surface area contributed by atoms with Crippen molar-refractivity contribution in [3.8, 4) is 29.0 Å². The van der Waals surface area contributed by atoms with Crippen LogP contribution < -0.4 is 4.74 Å². The third-order valence-electron chi connectivity index (χ3n) is 4.15. The number of pyridine rings is 3. The maximum atomic E-state index is 13.1. The number of hydrogen-bond acceptors (Lipinski definition) is 6. The number of imidazole rings is 1. The molecule has 0 atom stereocenters. The lowest BCUT2D eigenvalue weighted by molar-refractivity contribution is -0.137. The van der Waals surface area contributed by atoms with Crippen LogP contribution in [-0.2, 0) is 6.18 Å². The molecule has 0 aliphatic heterocycles. The number of nitrogens with zero attached hydrogens (tertiary/aromatic N) is 6. The molecule has 0 unspecified atom stereocenters. The molecule has 0 aliphatic carbocycles. The highest BCUT2D eigenvalue weighted by atomic mass is 19.4. The van der Waals surface area contributed by atoms with Crippen molar-refractivity contribution < 1.29 is 17.9 Å². The van der Waals surface area contributed by atoms with Gasteiger partial charge in [-0.15, -0.1) is 0 Å². The molecule has 29 heavy (non-hydrogen) atoms. The lowest BCUT2D eigenvalue weighted by Gasteiger charge is -2.09. The van der Waals surface area contributed by atoms with Crippen LogP contribution in [0, 0.1) is 11.3 Å². The maximum Gasteiger partial charge on any atom is 0.417 e. The Morgan fingerprint density at radius 2 is 1.86 bits per heavy atom. The summed E-state index contributed by atoms with van der Waals surface area (Å²) < 4.78 is 45.9. The van der Waals surface area contributed by atoms with Crippen LogP contribution in [0.3, 0.4) is 0 Å². The zero-order valence-electron chi connectivity index (χ0n) is 14.8. The monoisotopic (exact) mass is 396 g/mol. The Morgan fingerprint density at radius 3 is 2.45 bits per heavy atom. The largest absolute Gasteiger partial charge is 0.481 e. The normalized spacial score (nSPS) is 11.4. The molecule has 144 valence electrons. The van der Waals surface area contributed by atoms with Gasteiger partial charge in [-0.3, -0.25) is 4.57 Å². The lowest BCUT2D eigenvalue weighted by atomic mass is 10.2. The fourth-order valence-electron chi connectivity index (χ4n) is 2.78. The molecule has 10 heteroatoms. The molecule has 4 aromatic rings. The first kappa shape index (κ1) is 18.4. The second kappa shape index (κ2) is 6.87. The summed E-state index contributed by atoms with van der Waals surface area (Å²) >= 11 is 0. The van der Waals surface area contributed by atoms with E-state index in [1.165, 1.54) is 25.6 Å². The summed E-state index contributed by atoms with van der Waals surface area (Å²) in [5.41, 5.74) is 0.637. The van der Waals surface area contributed by atoms with Crippen molar-refractivity contribution in [2.24, 2.45) is 0 Å². The molecule has 0 aromatic carbocycles. The Hall–Kier alpha value is -4.00. The first-order valence-electron chi connectivity index (χ1n) is 8.23. The van der Waals surface area contributed by atoms with Gasteiger partial charge >= 0.3 is 6.18 Å². The molecular formula is C19H11F3N6O. The van der Waals surface area contributed by atoms with E-state index in [2.05, 4.69) is 19.9 Å². The van der Waals surface area contributed by atoms with Crippen LogP contribution in [0.5, 0.6) is 5.88 Å². The Balaban J connectivity index is 1.97. The van der Waals surface area contributed by atoms with Crippen molar-refractivity contribution in [1.82, 2.24) is 24.5 Å².